The van der Waals surface area contributed by atoms with Crippen LogP contribution in [0.3, 0.4) is 0 Å². The number of anilines is 1. The van der Waals surface area contributed by atoms with E-state index in [0.717, 1.165) is 44.2 Å². The zero-order valence-electron chi connectivity index (χ0n) is 32.5. The monoisotopic (exact) mass is 754 g/mol. The normalized spacial score (nSPS) is 18.6. The number of nitrogens with zero attached hydrogens (tertiary/aromatic N) is 6. The van der Waals surface area contributed by atoms with Crippen molar-refractivity contribution in [1.29, 1.82) is 0 Å². The Morgan fingerprint density at radius 2 is 1.74 bits per heavy atom. The number of hydrogen-bond donors (Lipinski definition) is 1. The van der Waals surface area contributed by atoms with Crippen molar-refractivity contribution < 1.29 is 23.4 Å². The highest BCUT2D eigenvalue weighted by atomic mass is 28.3. The van der Waals surface area contributed by atoms with Gasteiger partial charge < -0.3 is 19.6 Å². The van der Waals surface area contributed by atoms with Gasteiger partial charge in [-0.25, -0.2) is 13.6 Å². The lowest BCUT2D eigenvalue weighted by Crippen LogP contribution is -2.43. The Kier molecular flexibility index (Phi) is 10.3. The van der Waals surface area contributed by atoms with Gasteiger partial charge in [-0.05, 0) is 73.3 Å². The number of carboxylic acid groups (broad SMARTS) is 1. The Morgan fingerprint density at radius 1 is 1.04 bits per heavy atom. The molecular weight excluding hydrogens is 703 g/mol. The summed E-state index contributed by atoms with van der Waals surface area (Å²) in [5.41, 5.74) is 5.40. The number of rotatable bonds is 9. The molecule has 54 heavy (non-hydrogen) atoms. The van der Waals surface area contributed by atoms with E-state index in [1.54, 1.807) is 18.3 Å². The van der Waals surface area contributed by atoms with Crippen LogP contribution in [0.1, 0.15) is 79.2 Å². The van der Waals surface area contributed by atoms with Crippen molar-refractivity contribution in [2.75, 3.05) is 44.7 Å². The van der Waals surface area contributed by atoms with Crippen LogP contribution >= 0.6 is 0 Å². The van der Waals surface area contributed by atoms with Gasteiger partial charge in [0.1, 0.15) is 37.5 Å². The van der Waals surface area contributed by atoms with E-state index in [-0.39, 0.29) is 34.4 Å². The molecule has 9 nitrogen and oxygen atoms in total. The minimum absolute atomic E-state index is 0.0364. The van der Waals surface area contributed by atoms with Crippen LogP contribution < -0.4 is 9.64 Å². The van der Waals surface area contributed by atoms with Crippen molar-refractivity contribution in [3.05, 3.63) is 53.7 Å². The number of aromatic nitrogens is 3. The van der Waals surface area contributed by atoms with Crippen molar-refractivity contribution in [1.82, 2.24) is 24.8 Å². The number of hydrogen-bond acceptors (Lipinski definition) is 7. The molecule has 0 saturated carbocycles. The molecule has 2 aromatic heterocycles. The molecule has 1 N–H and O–H groups in total. The van der Waals surface area contributed by atoms with E-state index in [0.29, 0.717) is 64.9 Å². The van der Waals surface area contributed by atoms with Gasteiger partial charge in [0.05, 0.1) is 16.5 Å². The molecule has 1 amide bonds. The standard InChI is InChI=1S/C42H52F2N6O3Si/c1-26(2)54(27(3)4,28(5)6)22-16-31-34(43)14-13-29-11-8-12-32(35(29)31)37-36(44)38-33(23-45-37)39(48(7)30-15-21-49(24-30)41(51)52)47-40(46-38)53-25-42-17-9-19-50(42)20-10-18-42/h8,11-14,23,26-28,30H,9-10,15,17-21,24-25H2,1-7H3,(H,51,52)/t30-/m1/s1. The lowest BCUT2D eigenvalue weighted by atomic mass is 9.95. The van der Waals surface area contributed by atoms with Crippen LogP contribution in [0.25, 0.3) is 32.9 Å². The lowest BCUT2D eigenvalue weighted by Gasteiger charge is -2.38. The second kappa shape index (κ2) is 14.7. The third-order valence-corrected chi connectivity index (χ3v) is 19.1. The number of likely N-dealkylation sites (N-methyl/N-ethyl adjacent to an activating group) is 1. The molecule has 4 aromatic rings. The Bertz CT molecular complexity index is 2120. The van der Waals surface area contributed by atoms with Crippen molar-refractivity contribution in [2.45, 2.75) is 102 Å². The van der Waals surface area contributed by atoms with E-state index in [1.165, 1.54) is 11.0 Å². The second-order valence-electron chi connectivity index (χ2n) is 16.5. The fraction of sp³-hybridized carbons (Fsp3) is 0.524. The largest absolute Gasteiger partial charge is 0.465 e. The van der Waals surface area contributed by atoms with E-state index >= 15 is 8.78 Å². The molecule has 3 fully saturated rings. The maximum Gasteiger partial charge on any atom is 0.407 e. The fourth-order valence-electron chi connectivity index (χ4n) is 9.88. The first-order valence-electron chi connectivity index (χ1n) is 19.5. The van der Waals surface area contributed by atoms with E-state index in [9.17, 15) is 9.90 Å². The maximum absolute atomic E-state index is 17.3. The van der Waals surface area contributed by atoms with Gasteiger partial charge in [-0.3, -0.25) is 9.88 Å². The predicted molar refractivity (Wildman–Crippen MR) is 213 cm³/mol. The van der Waals surface area contributed by atoms with Crippen molar-refractivity contribution in [3.63, 3.8) is 0 Å². The molecular formula is C42H52F2N6O3Si. The van der Waals surface area contributed by atoms with Crippen LogP contribution in [0, 0.1) is 23.1 Å². The van der Waals surface area contributed by atoms with Crippen LogP contribution in [-0.2, 0) is 0 Å². The van der Waals surface area contributed by atoms with E-state index in [1.807, 2.05) is 24.1 Å². The van der Waals surface area contributed by atoms with Gasteiger partial charge in [-0.2, -0.15) is 9.97 Å². The summed E-state index contributed by atoms with van der Waals surface area (Å²) in [6.45, 7) is 16.5. The molecule has 0 aliphatic carbocycles. The quantitative estimate of drug-likeness (QED) is 0.134. The first kappa shape index (κ1) is 38.0. The summed E-state index contributed by atoms with van der Waals surface area (Å²) in [4.78, 5) is 31.8. The van der Waals surface area contributed by atoms with Crippen LogP contribution in [0.2, 0.25) is 16.6 Å². The van der Waals surface area contributed by atoms with Crippen LogP contribution in [0.5, 0.6) is 6.01 Å². The van der Waals surface area contributed by atoms with Gasteiger partial charge >= 0.3 is 12.1 Å². The van der Waals surface area contributed by atoms with Crippen LogP contribution in [0.15, 0.2) is 36.5 Å². The first-order chi connectivity index (χ1) is 25.8. The van der Waals surface area contributed by atoms with Crippen molar-refractivity contribution in [2.24, 2.45) is 0 Å². The molecule has 5 heterocycles. The molecule has 0 radical (unpaired) electrons. The van der Waals surface area contributed by atoms with Gasteiger partial charge in [-0.1, -0.05) is 71.7 Å². The summed E-state index contributed by atoms with van der Waals surface area (Å²) in [5, 5.41) is 11.3. The zero-order chi connectivity index (χ0) is 38.5. The van der Waals surface area contributed by atoms with E-state index in [4.69, 9.17) is 14.7 Å². The second-order valence-corrected chi connectivity index (χ2v) is 22.1. The summed E-state index contributed by atoms with van der Waals surface area (Å²) in [5.74, 6) is 2.63. The number of halogens is 2. The molecule has 286 valence electrons. The minimum atomic E-state index is -2.23. The van der Waals surface area contributed by atoms with Gasteiger partial charge in [0, 0.05) is 43.3 Å². The summed E-state index contributed by atoms with van der Waals surface area (Å²) in [6, 6.07) is 8.49. The first-order valence-corrected chi connectivity index (χ1v) is 21.7. The predicted octanol–water partition coefficient (Wildman–Crippen LogP) is 8.89. The number of benzene rings is 2. The average Bonchev–Trinajstić information content (AvgIpc) is 3.88. The van der Waals surface area contributed by atoms with Gasteiger partial charge in [0.15, 0.2) is 5.82 Å². The Labute approximate surface area is 318 Å². The highest BCUT2D eigenvalue weighted by Crippen LogP contribution is 2.43. The minimum Gasteiger partial charge on any atom is -0.465 e. The third kappa shape index (κ3) is 6.47. The van der Waals surface area contributed by atoms with Gasteiger partial charge in [-0.15, -0.1) is 5.54 Å². The molecule has 1 atom stereocenters. The average molecular weight is 755 g/mol. The molecule has 0 spiro atoms. The molecule has 3 aliphatic heterocycles. The zero-order valence-corrected chi connectivity index (χ0v) is 33.5. The molecule has 2 aromatic carbocycles. The molecule has 3 saturated heterocycles. The molecule has 7 rings (SSSR count). The molecule has 0 bridgehead atoms. The third-order valence-electron chi connectivity index (χ3n) is 12.8. The summed E-state index contributed by atoms with van der Waals surface area (Å²) < 4.78 is 39.7. The number of carbonyl (C=O) groups is 1. The van der Waals surface area contributed by atoms with Crippen LogP contribution in [0.4, 0.5) is 19.4 Å². The van der Waals surface area contributed by atoms with E-state index in [2.05, 4.69) is 62.9 Å². The number of amides is 1. The summed E-state index contributed by atoms with van der Waals surface area (Å²) in [6.07, 6.45) is 5.46. The van der Waals surface area contributed by atoms with Crippen molar-refractivity contribution >= 4 is 41.7 Å². The summed E-state index contributed by atoms with van der Waals surface area (Å²) in [7, 11) is -0.386. The van der Waals surface area contributed by atoms with Crippen LogP contribution in [-0.4, -0.2) is 95.4 Å². The highest BCUT2D eigenvalue weighted by molar-refractivity contribution is 6.90. The number of pyridine rings is 1. The van der Waals surface area contributed by atoms with Gasteiger partial charge in [0.2, 0.25) is 0 Å². The van der Waals surface area contributed by atoms with E-state index < -0.39 is 25.8 Å². The number of fused-ring (bicyclic) bond motifs is 3. The number of ether oxygens (including phenoxy) is 1. The number of likely N-dealkylation sites (tertiary alicyclic amines) is 1. The molecule has 3 aliphatic rings. The molecule has 12 heteroatoms. The molecule has 0 unspecified atom stereocenters. The fourth-order valence-corrected chi connectivity index (χ4v) is 15.1. The lowest BCUT2D eigenvalue weighted by molar-refractivity contribution is 0.108. The maximum atomic E-state index is 17.3. The summed E-state index contributed by atoms with van der Waals surface area (Å²) >= 11 is 0. The Balaban J connectivity index is 1.38. The SMILES string of the molecule is CC(C)[Si](C#Cc1c(F)ccc2cccc(-c3ncc4c(N(C)[C@@H]5CCN(C(=O)O)C5)nc(OCC56CCCN5CCC6)nc4c3F)c12)(C(C)C)C(C)C. The topological polar surface area (TPSA) is 94.9 Å². The highest BCUT2D eigenvalue weighted by Gasteiger charge is 2.45. The Morgan fingerprint density at radius 3 is 2.39 bits per heavy atom. The van der Waals surface area contributed by atoms with Crippen molar-refractivity contribution in [3.8, 4) is 28.7 Å². The Hall–Kier alpha value is -4.34. The smallest absolute Gasteiger partial charge is 0.407 e. The van der Waals surface area contributed by atoms with Gasteiger partial charge in [0.25, 0.3) is 0 Å².